The Bertz CT molecular complexity index is 679. The molecule has 1 nitrogen and oxygen atoms in total. The maximum Gasteiger partial charge on any atom is 0.446 e. The van der Waals surface area contributed by atoms with Crippen molar-refractivity contribution in [3.8, 4) is 0 Å². The molecule has 0 aliphatic rings. The third kappa shape index (κ3) is 4.39. The lowest BCUT2D eigenvalue weighted by molar-refractivity contribution is -0.104. The van der Waals surface area contributed by atoms with E-state index in [0.29, 0.717) is 16.1 Å². The van der Waals surface area contributed by atoms with Crippen molar-refractivity contribution < 1.29 is 18.0 Å². The zero-order chi connectivity index (χ0) is 16.2. The Morgan fingerprint density at radius 2 is 1.50 bits per heavy atom. The Labute approximate surface area is 134 Å². The predicted molar refractivity (Wildman–Crippen MR) is 83.6 cm³/mol. The van der Waals surface area contributed by atoms with Crippen LogP contribution < -0.4 is 0 Å². The fraction of sp³-hybridized carbons (Fsp3) is 0.0625. The van der Waals surface area contributed by atoms with Crippen LogP contribution >= 0.6 is 23.4 Å². The number of halogens is 4. The Morgan fingerprint density at radius 3 is 2.00 bits per heavy atom. The number of hydrogen-bond acceptors (Lipinski definition) is 2. The largest absolute Gasteiger partial charge is 0.446 e. The molecule has 0 bridgehead atoms. The van der Waals surface area contributed by atoms with E-state index in [1.165, 1.54) is 0 Å². The van der Waals surface area contributed by atoms with Crippen LogP contribution in [-0.2, 0) is 4.79 Å². The Hall–Kier alpha value is -1.72. The molecule has 114 valence electrons. The van der Waals surface area contributed by atoms with Crippen LogP contribution in [0, 0.1) is 0 Å². The predicted octanol–water partition coefficient (Wildman–Crippen LogP) is 5.55. The minimum atomic E-state index is -4.54. The number of carbonyl (C=O) groups excluding carboxylic acids is 1. The summed E-state index contributed by atoms with van der Waals surface area (Å²) in [6.45, 7) is 0. The van der Waals surface area contributed by atoms with Crippen LogP contribution in [0.2, 0.25) is 5.02 Å². The standard InChI is InChI=1S/C16H10ClF3OS/c17-13-8-6-12(7-9-13)15(11-4-2-1-3-5-11)14(10-21)22-16(18,19)20/h1-10H/b15-14+. The highest BCUT2D eigenvalue weighted by Gasteiger charge is 2.32. The highest BCUT2D eigenvalue weighted by molar-refractivity contribution is 8.04. The van der Waals surface area contributed by atoms with Crippen LogP contribution in [-0.4, -0.2) is 11.8 Å². The molecule has 0 unspecified atom stereocenters. The number of carbonyl (C=O) groups is 1. The molecule has 0 fully saturated rings. The third-order valence-electron chi connectivity index (χ3n) is 2.77. The van der Waals surface area contributed by atoms with Gasteiger partial charge >= 0.3 is 5.51 Å². The van der Waals surface area contributed by atoms with Crippen molar-refractivity contribution in [3.63, 3.8) is 0 Å². The van der Waals surface area contributed by atoms with Crippen LogP contribution in [0.5, 0.6) is 0 Å². The first-order chi connectivity index (χ1) is 10.4. The summed E-state index contributed by atoms with van der Waals surface area (Å²) in [6.07, 6.45) is 0.231. The summed E-state index contributed by atoms with van der Waals surface area (Å²) in [7, 11) is 0. The Kier molecular flexibility index (Phi) is 5.32. The molecule has 0 saturated heterocycles. The second-order valence-electron chi connectivity index (χ2n) is 4.28. The normalized spacial score (nSPS) is 12.7. The summed E-state index contributed by atoms with van der Waals surface area (Å²) in [5.41, 5.74) is -3.28. The van der Waals surface area contributed by atoms with Gasteiger partial charge in [-0.25, -0.2) is 0 Å². The molecule has 2 rings (SSSR count). The van der Waals surface area contributed by atoms with Crippen molar-refractivity contribution >= 4 is 35.2 Å². The van der Waals surface area contributed by atoms with Crippen LogP contribution in [0.1, 0.15) is 11.1 Å². The number of thioether (sulfide) groups is 1. The van der Waals surface area contributed by atoms with E-state index in [0.717, 1.165) is 0 Å². The molecule has 0 aromatic heterocycles. The summed E-state index contributed by atoms with van der Waals surface area (Å²) >= 11 is 5.39. The molecule has 0 amide bonds. The van der Waals surface area contributed by atoms with Gasteiger partial charge in [-0.1, -0.05) is 54.1 Å². The highest BCUT2D eigenvalue weighted by atomic mass is 35.5. The SMILES string of the molecule is O=C/C(SC(F)(F)F)=C(/c1ccccc1)c1ccc(Cl)cc1. The zero-order valence-corrected chi connectivity index (χ0v) is 12.7. The second kappa shape index (κ2) is 7.03. The zero-order valence-electron chi connectivity index (χ0n) is 11.1. The molecule has 0 spiro atoms. The fourth-order valence-electron chi connectivity index (χ4n) is 1.93. The van der Waals surface area contributed by atoms with Crippen LogP contribution in [0.3, 0.4) is 0 Å². The quantitative estimate of drug-likeness (QED) is 0.535. The molecule has 0 heterocycles. The first-order valence-corrected chi connectivity index (χ1v) is 7.37. The molecule has 0 saturated carbocycles. The van der Waals surface area contributed by atoms with E-state index in [1.54, 1.807) is 54.6 Å². The van der Waals surface area contributed by atoms with Crippen LogP contribution in [0.4, 0.5) is 13.2 Å². The van der Waals surface area contributed by atoms with Crippen molar-refractivity contribution in [3.05, 3.63) is 75.7 Å². The van der Waals surface area contributed by atoms with Gasteiger partial charge in [-0.05, 0) is 35.0 Å². The summed E-state index contributed by atoms with van der Waals surface area (Å²) in [4.78, 5) is 10.8. The second-order valence-corrected chi connectivity index (χ2v) is 5.82. The van der Waals surface area contributed by atoms with Crippen LogP contribution in [0.15, 0.2) is 59.5 Å². The van der Waals surface area contributed by atoms with Crippen molar-refractivity contribution in [2.75, 3.05) is 0 Å². The fourth-order valence-corrected chi connectivity index (χ4v) is 2.69. The molecule has 0 radical (unpaired) electrons. The molecular formula is C16H10ClF3OS. The van der Waals surface area contributed by atoms with E-state index in [1.807, 2.05) is 0 Å². The van der Waals surface area contributed by atoms with E-state index in [9.17, 15) is 18.0 Å². The molecule has 2 aromatic carbocycles. The summed E-state index contributed by atoms with van der Waals surface area (Å²) in [5, 5.41) is 0.465. The monoisotopic (exact) mass is 342 g/mol. The Balaban J connectivity index is 2.63. The first-order valence-electron chi connectivity index (χ1n) is 6.17. The first kappa shape index (κ1) is 16.6. The van der Waals surface area contributed by atoms with E-state index in [4.69, 9.17) is 11.6 Å². The van der Waals surface area contributed by atoms with Crippen LogP contribution in [0.25, 0.3) is 5.57 Å². The number of benzene rings is 2. The number of aldehydes is 1. The lowest BCUT2D eigenvalue weighted by Gasteiger charge is -2.13. The van der Waals surface area contributed by atoms with Crippen molar-refractivity contribution in [1.29, 1.82) is 0 Å². The van der Waals surface area contributed by atoms with Gasteiger partial charge in [-0.2, -0.15) is 13.2 Å². The van der Waals surface area contributed by atoms with Gasteiger partial charge in [0.25, 0.3) is 0 Å². The molecule has 0 aliphatic heterocycles. The molecule has 0 atom stereocenters. The third-order valence-corrected chi connectivity index (χ3v) is 3.78. The van der Waals surface area contributed by atoms with E-state index in [2.05, 4.69) is 0 Å². The van der Waals surface area contributed by atoms with Gasteiger partial charge in [0.1, 0.15) is 0 Å². The van der Waals surface area contributed by atoms with Gasteiger partial charge in [0.2, 0.25) is 0 Å². The Morgan fingerprint density at radius 1 is 0.955 bits per heavy atom. The van der Waals surface area contributed by atoms with Gasteiger partial charge in [0, 0.05) is 10.6 Å². The van der Waals surface area contributed by atoms with E-state index >= 15 is 0 Å². The average Bonchev–Trinajstić information content (AvgIpc) is 2.48. The lowest BCUT2D eigenvalue weighted by Crippen LogP contribution is -2.03. The molecular weight excluding hydrogens is 333 g/mol. The number of allylic oxidation sites excluding steroid dienone is 1. The topological polar surface area (TPSA) is 17.1 Å². The number of hydrogen-bond donors (Lipinski definition) is 0. The van der Waals surface area contributed by atoms with Gasteiger partial charge in [0.15, 0.2) is 6.29 Å². The molecule has 2 aromatic rings. The molecule has 0 aliphatic carbocycles. The van der Waals surface area contributed by atoms with E-state index < -0.39 is 17.3 Å². The summed E-state index contributed by atoms with van der Waals surface area (Å²) < 4.78 is 38.1. The molecule has 22 heavy (non-hydrogen) atoms. The maximum absolute atomic E-state index is 12.7. The van der Waals surface area contributed by atoms with Crippen molar-refractivity contribution in [2.24, 2.45) is 0 Å². The van der Waals surface area contributed by atoms with Gasteiger partial charge in [-0.3, -0.25) is 4.79 Å². The van der Waals surface area contributed by atoms with Gasteiger partial charge in [0.05, 0.1) is 4.91 Å². The van der Waals surface area contributed by atoms with E-state index in [-0.39, 0.29) is 16.8 Å². The summed E-state index contributed by atoms with van der Waals surface area (Å²) in [6, 6.07) is 14.8. The molecule has 0 N–H and O–H groups in total. The average molecular weight is 343 g/mol. The smallest absolute Gasteiger partial charge is 0.297 e. The minimum Gasteiger partial charge on any atom is -0.297 e. The van der Waals surface area contributed by atoms with Gasteiger partial charge < -0.3 is 0 Å². The summed E-state index contributed by atoms with van der Waals surface area (Å²) in [5.74, 6) is 0. The lowest BCUT2D eigenvalue weighted by atomic mass is 9.98. The number of alkyl halides is 3. The van der Waals surface area contributed by atoms with Crippen molar-refractivity contribution in [2.45, 2.75) is 5.51 Å². The molecule has 6 heteroatoms. The van der Waals surface area contributed by atoms with Gasteiger partial charge in [-0.15, -0.1) is 0 Å². The van der Waals surface area contributed by atoms with Crippen molar-refractivity contribution in [1.82, 2.24) is 0 Å². The minimum absolute atomic E-state index is 0.231. The maximum atomic E-state index is 12.7. The highest BCUT2D eigenvalue weighted by Crippen LogP contribution is 2.41. The number of rotatable bonds is 4.